The van der Waals surface area contributed by atoms with Gasteiger partial charge in [0.2, 0.25) is 11.8 Å². The van der Waals surface area contributed by atoms with Crippen LogP contribution in [0.2, 0.25) is 0 Å². The van der Waals surface area contributed by atoms with Crippen LogP contribution in [0, 0.1) is 11.3 Å². The van der Waals surface area contributed by atoms with Gasteiger partial charge in [-0.25, -0.2) is 0 Å². The summed E-state index contributed by atoms with van der Waals surface area (Å²) in [5.41, 5.74) is 13.1. The van der Waals surface area contributed by atoms with Crippen molar-refractivity contribution in [3.8, 4) is 0 Å². The Hall–Kier alpha value is -2.41. The van der Waals surface area contributed by atoms with Crippen LogP contribution >= 0.6 is 0 Å². The number of carbonyl (C=O) groups is 2. The number of carbonyl (C=O) groups excluding carboxylic acids is 2. The number of nitrogens with one attached hydrogen (secondary N) is 2. The maximum atomic E-state index is 12.6. The first kappa shape index (κ1) is 18.4. The van der Waals surface area contributed by atoms with E-state index < -0.39 is 12.1 Å². The summed E-state index contributed by atoms with van der Waals surface area (Å²) < 4.78 is 0. The summed E-state index contributed by atoms with van der Waals surface area (Å²) in [6, 6.07) is 6.28. The molecule has 1 heterocycles. The third-order valence-electron chi connectivity index (χ3n) is 5.53. The number of nitrogens with two attached hydrogens (primary N) is 2. The maximum Gasteiger partial charge on any atom is 0.243 e. The van der Waals surface area contributed by atoms with Crippen molar-refractivity contribution in [2.24, 2.45) is 17.4 Å². The first-order valence-electron chi connectivity index (χ1n) is 9.24. The van der Waals surface area contributed by atoms with Gasteiger partial charge in [-0.3, -0.25) is 15.0 Å². The molecule has 0 unspecified atom stereocenters. The van der Waals surface area contributed by atoms with E-state index in [1.165, 1.54) is 0 Å². The summed E-state index contributed by atoms with van der Waals surface area (Å²) in [7, 11) is 0. The summed E-state index contributed by atoms with van der Waals surface area (Å²) in [5.74, 6) is 0.0439. The molecular weight excluding hydrogens is 330 g/mol. The molecule has 0 aromatic heterocycles. The van der Waals surface area contributed by atoms with Crippen LogP contribution in [0.25, 0.3) is 0 Å². The highest BCUT2D eigenvalue weighted by Gasteiger charge is 2.41. The fourth-order valence-electron chi connectivity index (χ4n) is 3.74. The quantitative estimate of drug-likeness (QED) is 0.442. The molecule has 1 saturated heterocycles. The number of rotatable bonds is 6. The smallest absolute Gasteiger partial charge is 0.243 e. The number of amides is 2. The molecule has 0 radical (unpaired) electrons. The van der Waals surface area contributed by atoms with Crippen molar-refractivity contribution in [1.29, 1.82) is 5.41 Å². The third-order valence-corrected chi connectivity index (χ3v) is 5.53. The summed E-state index contributed by atoms with van der Waals surface area (Å²) in [4.78, 5) is 26.6. The summed E-state index contributed by atoms with van der Waals surface area (Å²) in [6.45, 7) is 0.981. The van der Waals surface area contributed by atoms with Crippen LogP contribution in [-0.4, -0.2) is 41.2 Å². The second-order valence-corrected chi connectivity index (χ2v) is 7.23. The van der Waals surface area contributed by atoms with Crippen molar-refractivity contribution in [3.63, 3.8) is 0 Å². The van der Waals surface area contributed by atoms with Crippen LogP contribution in [-0.2, 0) is 16.1 Å². The second kappa shape index (κ2) is 7.86. The van der Waals surface area contributed by atoms with Gasteiger partial charge in [-0.15, -0.1) is 0 Å². The molecule has 1 aliphatic heterocycles. The predicted molar refractivity (Wildman–Crippen MR) is 99.4 cm³/mol. The lowest BCUT2D eigenvalue weighted by Crippen LogP contribution is -2.62. The molecule has 1 saturated carbocycles. The normalized spacial score (nSPS) is 21.1. The monoisotopic (exact) mass is 357 g/mol. The van der Waals surface area contributed by atoms with Gasteiger partial charge >= 0.3 is 0 Å². The molecule has 2 amide bonds. The lowest BCUT2D eigenvalue weighted by molar-refractivity contribution is -0.149. The van der Waals surface area contributed by atoms with E-state index in [4.69, 9.17) is 16.9 Å². The van der Waals surface area contributed by atoms with Crippen molar-refractivity contribution in [2.75, 3.05) is 6.54 Å². The van der Waals surface area contributed by atoms with E-state index in [-0.39, 0.29) is 23.6 Å². The van der Waals surface area contributed by atoms with Crippen molar-refractivity contribution >= 4 is 17.6 Å². The molecule has 1 aromatic carbocycles. The Morgan fingerprint density at radius 3 is 2.38 bits per heavy atom. The predicted octanol–water partition coefficient (Wildman–Crippen LogP) is 0.705. The van der Waals surface area contributed by atoms with E-state index >= 15 is 0 Å². The highest BCUT2D eigenvalue weighted by Crippen LogP contribution is 2.29. The van der Waals surface area contributed by atoms with Crippen molar-refractivity contribution in [1.82, 2.24) is 10.2 Å². The van der Waals surface area contributed by atoms with E-state index in [9.17, 15) is 9.59 Å². The number of hydrogen-bond acceptors (Lipinski definition) is 4. The Morgan fingerprint density at radius 2 is 1.85 bits per heavy atom. The van der Waals surface area contributed by atoms with Crippen molar-refractivity contribution in [2.45, 2.75) is 50.7 Å². The SMILES string of the molecule is N=C(N)c1ccc(CNC(=O)[C@@H]2CCN2C(=O)[C@H](N)C2CCCC2)cc1. The number of benzene rings is 1. The number of nitrogens with zero attached hydrogens (tertiary/aromatic N) is 1. The van der Waals surface area contributed by atoms with Crippen LogP contribution < -0.4 is 16.8 Å². The molecule has 1 aliphatic carbocycles. The number of likely N-dealkylation sites (tertiary alicyclic amines) is 1. The minimum Gasteiger partial charge on any atom is -0.384 e. The van der Waals surface area contributed by atoms with Gasteiger partial charge in [-0.05, 0) is 30.7 Å². The van der Waals surface area contributed by atoms with Gasteiger partial charge < -0.3 is 21.7 Å². The molecule has 2 aliphatic rings. The molecule has 2 atom stereocenters. The standard InChI is InChI=1S/C19H27N5O2/c20-16(13-3-1-2-4-13)19(26)24-10-9-15(24)18(25)23-11-12-5-7-14(8-6-12)17(21)22/h5-8,13,15-16H,1-4,9-11,20H2,(H3,21,22)(H,23,25)/t15-,16+/m0/s1. The molecule has 6 N–H and O–H groups in total. The van der Waals surface area contributed by atoms with Crippen LogP contribution in [0.5, 0.6) is 0 Å². The topological polar surface area (TPSA) is 125 Å². The van der Waals surface area contributed by atoms with E-state index in [1.54, 1.807) is 17.0 Å². The molecule has 2 fully saturated rings. The number of hydrogen-bond donors (Lipinski definition) is 4. The van der Waals surface area contributed by atoms with Crippen LogP contribution in [0.3, 0.4) is 0 Å². The fraction of sp³-hybridized carbons (Fsp3) is 0.526. The highest BCUT2D eigenvalue weighted by molar-refractivity contribution is 5.95. The Balaban J connectivity index is 1.51. The molecule has 0 spiro atoms. The number of nitrogen functional groups attached to an aromatic ring is 1. The summed E-state index contributed by atoms with van der Waals surface area (Å²) in [6.07, 6.45) is 4.97. The molecule has 3 rings (SSSR count). The van der Waals surface area contributed by atoms with Gasteiger partial charge in [0.15, 0.2) is 0 Å². The fourth-order valence-corrected chi connectivity index (χ4v) is 3.74. The largest absolute Gasteiger partial charge is 0.384 e. The molecule has 26 heavy (non-hydrogen) atoms. The first-order chi connectivity index (χ1) is 12.5. The van der Waals surface area contributed by atoms with Gasteiger partial charge in [0.25, 0.3) is 0 Å². The van der Waals surface area contributed by atoms with Gasteiger partial charge in [0, 0.05) is 18.7 Å². The van der Waals surface area contributed by atoms with Crippen molar-refractivity contribution in [3.05, 3.63) is 35.4 Å². The van der Waals surface area contributed by atoms with E-state index in [0.29, 0.717) is 25.1 Å². The molecule has 0 bridgehead atoms. The summed E-state index contributed by atoms with van der Waals surface area (Å²) >= 11 is 0. The highest BCUT2D eigenvalue weighted by atomic mass is 16.2. The molecular formula is C19H27N5O2. The van der Waals surface area contributed by atoms with Gasteiger partial charge in [0.05, 0.1) is 6.04 Å². The average molecular weight is 357 g/mol. The Bertz CT molecular complexity index is 682. The Kier molecular flexibility index (Phi) is 5.56. The molecule has 140 valence electrons. The lowest BCUT2D eigenvalue weighted by Gasteiger charge is -2.41. The zero-order valence-electron chi connectivity index (χ0n) is 14.9. The van der Waals surface area contributed by atoms with Crippen LogP contribution in [0.4, 0.5) is 0 Å². The van der Waals surface area contributed by atoms with Crippen molar-refractivity contribution < 1.29 is 9.59 Å². The summed E-state index contributed by atoms with van der Waals surface area (Å²) in [5, 5.41) is 10.3. The maximum absolute atomic E-state index is 12.6. The minimum absolute atomic E-state index is 0.0165. The van der Waals surface area contributed by atoms with Gasteiger partial charge in [0.1, 0.15) is 11.9 Å². The molecule has 7 heteroatoms. The molecule has 7 nitrogen and oxygen atoms in total. The zero-order valence-corrected chi connectivity index (χ0v) is 14.9. The minimum atomic E-state index is -0.479. The average Bonchev–Trinajstić information content (AvgIpc) is 3.13. The Labute approximate surface area is 153 Å². The molecule has 1 aromatic rings. The third kappa shape index (κ3) is 3.88. The van der Waals surface area contributed by atoms with Crippen LogP contribution in [0.15, 0.2) is 24.3 Å². The second-order valence-electron chi connectivity index (χ2n) is 7.23. The zero-order chi connectivity index (χ0) is 18.7. The first-order valence-corrected chi connectivity index (χ1v) is 9.24. The van der Waals surface area contributed by atoms with Crippen LogP contribution in [0.1, 0.15) is 43.2 Å². The van der Waals surface area contributed by atoms with Gasteiger partial charge in [-0.2, -0.15) is 0 Å². The van der Waals surface area contributed by atoms with E-state index in [1.807, 2.05) is 12.1 Å². The van der Waals surface area contributed by atoms with E-state index in [0.717, 1.165) is 31.2 Å². The Morgan fingerprint density at radius 1 is 1.19 bits per heavy atom. The number of amidine groups is 1. The van der Waals surface area contributed by atoms with E-state index in [2.05, 4.69) is 5.32 Å². The van der Waals surface area contributed by atoms with Gasteiger partial charge in [-0.1, -0.05) is 37.1 Å². The lowest BCUT2D eigenvalue weighted by atomic mass is 9.94.